The third kappa shape index (κ3) is 3.98. The fraction of sp³-hybridized carbons (Fsp3) is 0.0952. The first kappa shape index (κ1) is 18.4. The molecule has 4 rings (SSSR count). The summed E-state index contributed by atoms with van der Waals surface area (Å²) >= 11 is 7.59. The first-order chi connectivity index (χ1) is 13.6. The molecule has 7 heteroatoms. The molecular formula is C21H18ClN5S. The lowest BCUT2D eigenvalue weighted by molar-refractivity contribution is 1.13. The van der Waals surface area contributed by atoms with E-state index in [9.17, 15) is 0 Å². The van der Waals surface area contributed by atoms with Gasteiger partial charge in [-0.05, 0) is 49.4 Å². The smallest absolute Gasteiger partial charge is 0.227 e. The van der Waals surface area contributed by atoms with Crippen molar-refractivity contribution in [2.45, 2.75) is 6.92 Å². The number of anilines is 4. The molecule has 0 saturated heterocycles. The first-order valence-corrected chi connectivity index (χ1v) is 9.92. The van der Waals surface area contributed by atoms with Gasteiger partial charge < -0.3 is 10.2 Å². The van der Waals surface area contributed by atoms with Crippen molar-refractivity contribution in [3.63, 3.8) is 0 Å². The molecule has 28 heavy (non-hydrogen) atoms. The van der Waals surface area contributed by atoms with E-state index >= 15 is 0 Å². The highest BCUT2D eigenvalue weighted by Crippen LogP contribution is 2.36. The van der Waals surface area contributed by atoms with Crippen LogP contribution in [0.3, 0.4) is 0 Å². The average Bonchev–Trinajstić information content (AvgIpc) is 3.11. The van der Waals surface area contributed by atoms with Gasteiger partial charge in [0.2, 0.25) is 5.95 Å². The van der Waals surface area contributed by atoms with E-state index < -0.39 is 0 Å². The summed E-state index contributed by atoms with van der Waals surface area (Å²) in [6, 6.07) is 19.5. The predicted octanol–water partition coefficient (Wildman–Crippen LogP) is 6.07. The molecule has 0 saturated carbocycles. The average molecular weight is 408 g/mol. The SMILES string of the molecule is Cc1nc(N(C)c2ccc(Cl)cc2)sc1-c1ccnc(Nc2ccccc2)n1. The zero-order valence-corrected chi connectivity index (χ0v) is 17.0. The van der Waals surface area contributed by atoms with Crippen LogP contribution >= 0.6 is 22.9 Å². The maximum absolute atomic E-state index is 5.99. The molecule has 0 aliphatic carbocycles. The van der Waals surface area contributed by atoms with E-state index in [0.29, 0.717) is 11.0 Å². The number of hydrogen-bond donors (Lipinski definition) is 1. The van der Waals surface area contributed by atoms with Gasteiger partial charge in [-0.15, -0.1) is 0 Å². The third-order valence-corrected chi connectivity index (χ3v) is 5.71. The lowest BCUT2D eigenvalue weighted by Crippen LogP contribution is -2.08. The summed E-state index contributed by atoms with van der Waals surface area (Å²) in [4.78, 5) is 16.8. The monoisotopic (exact) mass is 407 g/mol. The van der Waals surface area contributed by atoms with E-state index in [4.69, 9.17) is 16.6 Å². The summed E-state index contributed by atoms with van der Waals surface area (Å²) in [7, 11) is 1.99. The molecule has 0 spiro atoms. The van der Waals surface area contributed by atoms with Crippen molar-refractivity contribution in [3.05, 3.63) is 77.6 Å². The highest BCUT2D eigenvalue weighted by Gasteiger charge is 2.15. The van der Waals surface area contributed by atoms with Gasteiger partial charge in [-0.2, -0.15) is 0 Å². The van der Waals surface area contributed by atoms with Crippen molar-refractivity contribution >= 4 is 45.4 Å². The van der Waals surface area contributed by atoms with Crippen LogP contribution in [0.5, 0.6) is 0 Å². The van der Waals surface area contributed by atoms with Gasteiger partial charge in [-0.25, -0.2) is 15.0 Å². The number of aryl methyl sites for hydroxylation is 1. The summed E-state index contributed by atoms with van der Waals surface area (Å²) in [5, 5.41) is 4.84. The standard InChI is InChI=1S/C21H18ClN5S/c1-14-19(28-21(24-14)27(2)17-10-8-15(22)9-11-17)18-12-13-23-20(26-18)25-16-6-4-3-5-7-16/h3-13H,1-2H3,(H,23,25,26). The molecule has 140 valence electrons. The lowest BCUT2D eigenvalue weighted by Gasteiger charge is -2.15. The molecular weight excluding hydrogens is 390 g/mol. The highest BCUT2D eigenvalue weighted by molar-refractivity contribution is 7.19. The summed E-state index contributed by atoms with van der Waals surface area (Å²) in [5.41, 5.74) is 3.76. The molecule has 0 aliphatic rings. The van der Waals surface area contributed by atoms with Gasteiger partial charge in [0.1, 0.15) is 0 Å². The Balaban J connectivity index is 1.61. The quantitative estimate of drug-likeness (QED) is 0.435. The number of nitrogens with one attached hydrogen (secondary N) is 1. The number of rotatable bonds is 5. The van der Waals surface area contributed by atoms with Crippen LogP contribution in [0, 0.1) is 6.92 Å². The van der Waals surface area contributed by atoms with Gasteiger partial charge in [-0.3, -0.25) is 0 Å². The van der Waals surface area contributed by atoms with Gasteiger partial charge in [0.05, 0.1) is 16.3 Å². The molecule has 0 unspecified atom stereocenters. The van der Waals surface area contributed by atoms with Crippen LogP contribution in [0.4, 0.5) is 22.5 Å². The molecule has 2 heterocycles. The third-order valence-electron chi connectivity index (χ3n) is 4.20. The van der Waals surface area contributed by atoms with E-state index in [0.717, 1.165) is 32.8 Å². The van der Waals surface area contributed by atoms with Crippen molar-refractivity contribution < 1.29 is 0 Å². The predicted molar refractivity (Wildman–Crippen MR) is 117 cm³/mol. The Morgan fingerprint density at radius 2 is 1.71 bits per heavy atom. The fourth-order valence-electron chi connectivity index (χ4n) is 2.73. The van der Waals surface area contributed by atoms with Crippen molar-refractivity contribution in [2.75, 3.05) is 17.3 Å². The second-order valence-corrected chi connectivity index (χ2v) is 7.62. The van der Waals surface area contributed by atoms with E-state index in [1.165, 1.54) is 0 Å². The lowest BCUT2D eigenvalue weighted by atomic mass is 10.3. The minimum absolute atomic E-state index is 0.559. The Bertz CT molecular complexity index is 1080. The minimum atomic E-state index is 0.559. The molecule has 0 amide bonds. The molecule has 2 aromatic carbocycles. The second-order valence-electron chi connectivity index (χ2n) is 6.20. The fourth-order valence-corrected chi connectivity index (χ4v) is 3.88. The topological polar surface area (TPSA) is 53.9 Å². The second kappa shape index (κ2) is 7.96. The van der Waals surface area contributed by atoms with Gasteiger partial charge in [0, 0.05) is 29.6 Å². The van der Waals surface area contributed by atoms with Crippen LogP contribution in [0.2, 0.25) is 5.02 Å². The number of aromatic nitrogens is 3. The summed E-state index contributed by atoms with van der Waals surface area (Å²) < 4.78 is 0. The Morgan fingerprint density at radius 3 is 2.46 bits per heavy atom. The van der Waals surface area contributed by atoms with Gasteiger partial charge in [0.15, 0.2) is 5.13 Å². The number of halogens is 1. The molecule has 0 aliphatic heterocycles. The summed E-state index contributed by atoms with van der Waals surface area (Å²) in [5.74, 6) is 0.559. The van der Waals surface area contributed by atoms with E-state index in [1.807, 2.05) is 79.5 Å². The van der Waals surface area contributed by atoms with E-state index in [-0.39, 0.29) is 0 Å². The maximum atomic E-state index is 5.99. The molecule has 1 N–H and O–H groups in total. The first-order valence-electron chi connectivity index (χ1n) is 8.72. The summed E-state index contributed by atoms with van der Waals surface area (Å²) in [6.45, 7) is 2.00. The van der Waals surface area contributed by atoms with Crippen molar-refractivity contribution in [2.24, 2.45) is 0 Å². The Hall–Kier alpha value is -2.96. The molecule has 4 aromatic rings. The molecule has 0 fully saturated rings. The van der Waals surface area contributed by atoms with Crippen LogP contribution in [0.25, 0.3) is 10.6 Å². The largest absolute Gasteiger partial charge is 0.324 e. The van der Waals surface area contributed by atoms with Crippen molar-refractivity contribution in [1.29, 1.82) is 0 Å². The van der Waals surface area contributed by atoms with Gasteiger partial charge in [-0.1, -0.05) is 41.1 Å². The number of thiazole rings is 1. The van der Waals surface area contributed by atoms with Crippen LogP contribution in [0.1, 0.15) is 5.69 Å². The van der Waals surface area contributed by atoms with E-state index in [1.54, 1.807) is 17.5 Å². The maximum Gasteiger partial charge on any atom is 0.227 e. The normalized spacial score (nSPS) is 10.7. The molecule has 0 bridgehead atoms. The zero-order valence-electron chi connectivity index (χ0n) is 15.4. The Labute approximate surface area is 172 Å². The molecule has 5 nitrogen and oxygen atoms in total. The zero-order chi connectivity index (χ0) is 19.5. The van der Waals surface area contributed by atoms with Crippen LogP contribution < -0.4 is 10.2 Å². The van der Waals surface area contributed by atoms with Crippen molar-refractivity contribution in [1.82, 2.24) is 15.0 Å². The van der Waals surface area contributed by atoms with E-state index in [2.05, 4.69) is 15.3 Å². The molecule has 0 atom stereocenters. The van der Waals surface area contributed by atoms with Crippen LogP contribution in [-0.4, -0.2) is 22.0 Å². The van der Waals surface area contributed by atoms with Gasteiger partial charge >= 0.3 is 0 Å². The molecule has 2 aromatic heterocycles. The van der Waals surface area contributed by atoms with Crippen molar-refractivity contribution in [3.8, 4) is 10.6 Å². The number of para-hydroxylation sites is 1. The molecule has 0 radical (unpaired) electrons. The number of nitrogens with zero attached hydrogens (tertiary/aromatic N) is 4. The van der Waals surface area contributed by atoms with Crippen LogP contribution in [0.15, 0.2) is 66.9 Å². The Kier molecular flexibility index (Phi) is 5.23. The number of hydrogen-bond acceptors (Lipinski definition) is 6. The Morgan fingerprint density at radius 1 is 0.964 bits per heavy atom. The highest BCUT2D eigenvalue weighted by atomic mass is 35.5. The minimum Gasteiger partial charge on any atom is -0.324 e. The summed E-state index contributed by atoms with van der Waals surface area (Å²) in [6.07, 6.45) is 1.76. The van der Waals surface area contributed by atoms with Gasteiger partial charge in [0.25, 0.3) is 0 Å². The number of benzene rings is 2. The van der Waals surface area contributed by atoms with Crippen LogP contribution in [-0.2, 0) is 0 Å².